The van der Waals surface area contributed by atoms with E-state index < -0.39 is 0 Å². The summed E-state index contributed by atoms with van der Waals surface area (Å²) in [5.74, 6) is 0. The Balaban J connectivity index is 2.07. The van der Waals surface area contributed by atoms with Crippen LogP contribution in [0, 0.1) is 0 Å². The quantitative estimate of drug-likeness (QED) is 0.740. The molecule has 3 N–H and O–H groups in total. The summed E-state index contributed by atoms with van der Waals surface area (Å²) in [7, 11) is 0. The van der Waals surface area contributed by atoms with Crippen LogP contribution in [0.5, 0.6) is 0 Å². The van der Waals surface area contributed by atoms with Crippen molar-refractivity contribution < 1.29 is 4.79 Å². The fourth-order valence-corrected chi connectivity index (χ4v) is 1.92. The van der Waals surface area contributed by atoms with Gasteiger partial charge in [0.05, 0.1) is 10.7 Å². The lowest BCUT2D eigenvalue weighted by Gasteiger charge is -2.16. The Morgan fingerprint density at radius 3 is 2.75 bits per heavy atom. The molecule has 0 bridgehead atoms. The normalized spacial score (nSPS) is 15.2. The highest BCUT2D eigenvalue weighted by molar-refractivity contribution is 6.33. The van der Waals surface area contributed by atoms with Crippen LogP contribution >= 0.6 is 11.6 Å². The van der Waals surface area contributed by atoms with Gasteiger partial charge in [0.1, 0.15) is 0 Å². The summed E-state index contributed by atoms with van der Waals surface area (Å²) < 4.78 is 0. The number of benzene rings is 1. The lowest BCUT2D eigenvalue weighted by atomic mass is 10.3. The molecule has 0 radical (unpaired) electrons. The van der Waals surface area contributed by atoms with E-state index in [0.717, 1.165) is 25.9 Å². The van der Waals surface area contributed by atoms with Gasteiger partial charge in [-0.15, -0.1) is 0 Å². The maximum absolute atomic E-state index is 11.8. The number of carbonyl (C=O) groups is 1. The second-order valence-electron chi connectivity index (χ2n) is 3.86. The van der Waals surface area contributed by atoms with E-state index in [2.05, 4.69) is 5.32 Å². The summed E-state index contributed by atoms with van der Waals surface area (Å²) in [4.78, 5) is 13.6. The Kier molecular flexibility index (Phi) is 3.19. The van der Waals surface area contributed by atoms with Crippen LogP contribution < -0.4 is 11.1 Å². The Hall–Kier alpha value is -1.42. The third-order valence-corrected chi connectivity index (χ3v) is 2.95. The molecule has 86 valence electrons. The number of nitrogen functional groups attached to an aromatic ring is 1. The maximum Gasteiger partial charge on any atom is 0.321 e. The zero-order chi connectivity index (χ0) is 11.5. The molecule has 16 heavy (non-hydrogen) atoms. The molecule has 1 fully saturated rings. The minimum atomic E-state index is -0.106. The molecule has 0 unspecified atom stereocenters. The monoisotopic (exact) mass is 239 g/mol. The van der Waals surface area contributed by atoms with Gasteiger partial charge in [-0.3, -0.25) is 0 Å². The van der Waals surface area contributed by atoms with Crippen molar-refractivity contribution in [1.29, 1.82) is 0 Å². The average molecular weight is 240 g/mol. The van der Waals surface area contributed by atoms with Crippen molar-refractivity contribution in [2.75, 3.05) is 24.1 Å². The van der Waals surface area contributed by atoms with Gasteiger partial charge in [0.25, 0.3) is 0 Å². The molecule has 1 aliphatic rings. The van der Waals surface area contributed by atoms with Gasteiger partial charge in [-0.25, -0.2) is 4.79 Å². The van der Waals surface area contributed by atoms with E-state index in [4.69, 9.17) is 17.3 Å². The van der Waals surface area contributed by atoms with Crippen LogP contribution in [0.15, 0.2) is 18.2 Å². The Morgan fingerprint density at radius 2 is 2.06 bits per heavy atom. The molecular formula is C11H14ClN3O. The largest absolute Gasteiger partial charge is 0.399 e. The first-order valence-electron chi connectivity index (χ1n) is 5.28. The second-order valence-corrected chi connectivity index (χ2v) is 4.27. The molecule has 5 heteroatoms. The molecule has 0 saturated carbocycles. The van der Waals surface area contributed by atoms with Gasteiger partial charge in [0.2, 0.25) is 0 Å². The van der Waals surface area contributed by atoms with E-state index in [1.807, 2.05) is 0 Å². The van der Waals surface area contributed by atoms with E-state index in [9.17, 15) is 4.79 Å². The van der Waals surface area contributed by atoms with Crippen LogP contribution in [0.25, 0.3) is 0 Å². The van der Waals surface area contributed by atoms with E-state index in [1.165, 1.54) is 0 Å². The minimum absolute atomic E-state index is 0.106. The van der Waals surface area contributed by atoms with Crippen molar-refractivity contribution in [3.8, 4) is 0 Å². The van der Waals surface area contributed by atoms with Crippen molar-refractivity contribution in [3.63, 3.8) is 0 Å². The van der Waals surface area contributed by atoms with Gasteiger partial charge < -0.3 is 16.0 Å². The summed E-state index contributed by atoms with van der Waals surface area (Å²) in [6.45, 7) is 1.62. The van der Waals surface area contributed by atoms with Gasteiger partial charge in [-0.2, -0.15) is 0 Å². The maximum atomic E-state index is 11.8. The van der Waals surface area contributed by atoms with Crippen molar-refractivity contribution in [3.05, 3.63) is 23.2 Å². The molecule has 2 rings (SSSR count). The van der Waals surface area contributed by atoms with Crippen LogP contribution in [0.4, 0.5) is 16.2 Å². The first-order chi connectivity index (χ1) is 7.66. The van der Waals surface area contributed by atoms with E-state index >= 15 is 0 Å². The molecule has 0 spiro atoms. The third kappa shape index (κ3) is 2.39. The van der Waals surface area contributed by atoms with Crippen molar-refractivity contribution >= 4 is 29.0 Å². The zero-order valence-corrected chi connectivity index (χ0v) is 9.63. The van der Waals surface area contributed by atoms with Crippen molar-refractivity contribution in [1.82, 2.24) is 4.90 Å². The number of anilines is 2. The fraction of sp³-hybridized carbons (Fsp3) is 0.364. The fourth-order valence-electron chi connectivity index (χ4n) is 1.75. The molecule has 0 aliphatic carbocycles. The predicted molar refractivity (Wildman–Crippen MR) is 65.7 cm³/mol. The highest BCUT2D eigenvalue weighted by Crippen LogP contribution is 2.24. The predicted octanol–water partition coefficient (Wildman–Crippen LogP) is 2.55. The van der Waals surface area contributed by atoms with Gasteiger partial charge >= 0.3 is 6.03 Å². The number of hydrogen-bond acceptors (Lipinski definition) is 2. The SMILES string of the molecule is Nc1ccc(Cl)c(NC(=O)N2CCCC2)c1. The number of nitrogens with zero attached hydrogens (tertiary/aromatic N) is 1. The summed E-state index contributed by atoms with van der Waals surface area (Å²) in [5, 5.41) is 3.27. The van der Waals surface area contributed by atoms with Gasteiger partial charge in [-0.1, -0.05) is 11.6 Å². The van der Waals surface area contributed by atoms with E-state index in [0.29, 0.717) is 16.4 Å². The van der Waals surface area contributed by atoms with E-state index in [1.54, 1.807) is 23.1 Å². The molecule has 1 aromatic rings. The van der Waals surface area contributed by atoms with Gasteiger partial charge in [0, 0.05) is 18.8 Å². The number of amides is 2. The number of rotatable bonds is 1. The molecule has 1 saturated heterocycles. The van der Waals surface area contributed by atoms with Crippen LogP contribution in [0.3, 0.4) is 0 Å². The number of nitrogens with two attached hydrogens (primary N) is 1. The number of carbonyl (C=O) groups excluding carboxylic acids is 1. The van der Waals surface area contributed by atoms with Crippen LogP contribution in [0.1, 0.15) is 12.8 Å². The number of likely N-dealkylation sites (tertiary alicyclic amines) is 1. The van der Waals surface area contributed by atoms with Crippen molar-refractivity contribution in [2.24, 2.45) is 0 Å². The summed E-state index contributed by atoms with van der Waals surface area (Å²) in [6, 6.07) is 4.94. The number of urea groups is 1. The zero-order valence-electron chi connectivity index (χ0n) is 8.87. The Bertz CT molecular complexity index is 402. The molecule has 2 amide bonds. The number of halogens is 1. The van der Waals surface area contributed by atoms with Gasteiger partial charge in [-0.05, 0) is 31.0 Å². The van der Waals surface area contributed by atoms with Crippen LogP contribution in [-0.4, -0.2) is 24.0 Å². The number of nitrogens with one attached hydrogen (secondary N) is 1. The third-order valence-electron chi connectivity index (χ3n) is 2.63. The first-order valence-corrected chi connectivity index (χ1v) is 5.65. The van der Waals surface area contributed by atoms with Crippen molar-refractivity contribution in [2.45, 2.75) is 12.8 Å². The van der Waals surface area contributed by atoms with Crippen LogP contribution in [0.2, 0.25) is 5.02 Å². The van der Waals surface area contributed by atoms with Crippen LogP contribution in [-0.2, 0) is 0 Å². The molecule has 1 aliphatic heterocycles. The lowest BCUT2D eigenvalue weighted by molar-refractivity contribution is 0.222. The lowest BCUT2D eigenvalue weighted by Crippen LogP contribution is -2.32. The molecule has 4 nitrogen and oxygen atoms in total. The Labute approximate surface area is 99.4 Å². The smallest absolute Gasteiger partial charge is 0.321 e. The second kappa shape index (κ2) is 4.61. The number of hydrogen-bond donors (Lipinski definition) is 2. The molecule has 1 heterocycles. The van der Waals surface area contributed by atoms with Gasteiger partial charge in [0.15, 0.2) is 0 Å². The highest BCUT2D eigenvalue weighted by atomic mass is 35.5. The summed E-state index contributed by atoms with van der Waals surface area (Å²) in [5.41, 5.74) is 6.79. The highest BCUT2D eigenvalue weighted by Gasteiger charge is 2.18. The molecular weight excluding hydrogens is 226 g/mol. The standard InChI is InChI=1S/C11H14ClN3O/c12-9-4-3-8(13)7-10(9)14-11(16)15-5-1-2-6-15/h3-4,7H,1-2,5-6,13H2,(H,14,16). The topological polar surface area (TPSA) is 58.4 Å². The average Bonchev–Trinajstić information content (AvgIpc) is 2.76. The minimum Gasteiger partial charge on any atom is -0.399 e. The van der Waals surface area contributed by atoms with E-state index in [-0.39, 0.29) is 6.03 Å². The molecule has 1 aromatic carbocycles. The summed E-state index contributed by atoms with van der Waals surface area (Å²) in [6.07, 6.45) is 2.14. The molecule has 0 aromatic heterocycles. The summed E-state index contributed by atoms with van der Waals surface area (Å²) >= 11 is 5.96. The Morgan fingerprint density at radius 1 is 1.38 bits per heavy atom. The molecule has 0 atom stereocenters. The first kappa shape index (κ1) is 11.1.